The van der Waals surface area contributed by atoms with Gasteiger partial charge in [0.05, 0.1) is 10.7 Å². The van der Waals surface area contributed by atoms with E-state index in [1.54, 1.807) is 24.1 Å². The van der Waals surface area contributed by atoms with Crippen LogP contribution in [0.15, 0.2) is 68.8 Å². The van der Waals surface area contributed by atoms with Crippen LogP contribution in [0.4, 0.5) is 0 Å². The number of rotatable bonds is 6. The van der Waals surface area contributed by atoms with Crippen LogP contribution in [0.1, 0.15) is 21.6 Å². The summed E-state index contributed by atoms with van der Waals surface area (Å²) in [4.78, 5) is 12.1. The number of aromatic nitrogens is 2. The lowest BCUT2D eigenvalue weighted by molar-refractivity contribution is 0.0948. The Morgan fingerprint density at radius 1 is 1.22 bits per heavy atom. The molecule has 27 heavy (non-hydrogen) atoms. The number of para-hydroxylation sites is 1. The molecule has 3 rings (SSSR count). The number of carbonyl (C=O) groups excluding carboxylic acids is 1. The Hall–Kier alpha value is -2.45. The van der Waals surface area contributed by atoms with Gasteiger partial charge in [0.25, 0.3) is 5.91 Å². The second-order valence-electron chi connectivity index (χ2n) is 5.65. The van der Waals surface area contributed by atoms with E-state index < -0.39 is 5.91 Å². The third-order valence-electron chi connectivity index (χ3n) is 3.60. The van der Waals surface area contributed by atoms with Crippen LogP contribution in [0, 0.1) is 0 Å². The van der Waals surface area contributed by atoms with E-state index >= 15 is 0 Å². The van der Waals surface area contributed by atoms with Gasteiger partial charge in [0.1, 0.15) is 12.4 Å². The lowest BCUT2D eigenvalue weighted by Gasteiger charge is -2.09. The van der Waals surface area contributed by atoms with Crippen molar-refractivity contribution < 1.29 is 9.53 Å². The Morgan fingerprint density at radius 2 is 1.96 bits per heavy atom. The maximum Gasteiger partial charge on any atom is 0.293 e. The molecule has 0 atom stereocenters. The van der Waals surface area contributed by atoms with Crippen LogP contribution in [0.2, 0.25) is 0 Å². The van der Waals surface area contributed by atoms with E-state index in [1.165, 1.54) is 0 Å². The van der Waals surface area contributed by atoms with E-state index in [0.29, 0.717) is 16.8 Å². The summed E-state index contributed by atoms with van der Waals surface area (Å²) in [6, 6.07) is 15.4. The van der Waals surface area contributed by atoms with Gasteiger partial charge in [-0.1, -0.05) is 40.2 Å². The summed E-state index contributed by atoms with van der Waals surface area (Å²) in [5.74, 6) is 0.282. The topological polar surface area (TPSA) is 68.5 Å². The molecule has 1 heterocycles. The molecule has 0 aliphatic rings. The van der Waals surface area contributed by atoms with Crippen LogP contribution in [0.3, 0.4) is 0 Å². The third-order valence-corrected chi connectivity index (χ3v) is 4.70. The summed E-state index contributed by atoms with van der Waals surface area (Å²) < 4.78 is 9.06. The number of nitrogens with zero attached hydrogens (tertiary/aromatic N) is 3. The van der Waals surface area contributed by atoms with Gasteiger partial charge in [-0.25, -0.2) is 5.43 Å². The van der Waals surface area contributed by atoms with E-state index in [9.17, 15) is 4.79 Å². The number of amides is 1. The summed E-state index contributed by atoms with van der Waals surface area (Å²) in [6.45, 7) is 0.436. The maximum atomic E-state index is 12.1. The van der Waals surface area contributed by atoms with E-state index in [4.69, 9.17) is 4.74 Å². The van der Waals surface area contributed by atoms with E-state index in [2.05, 4.69) is 47.5 Å². The molecule has 0 aliphatic heterocycles. The fourth-order valence-corrected chi connectivity index (χ4v) is 3.11. The maximum absolute atomic E-state index is 12.1. The van der Waals surface area contributed by atoms with Gasteiger partial charge in [-0.15, -0.1) is 0 Å². The molecule has 6 nitrogen and oxygen atoms in total. The summed E-state index contributed by atoms with van der Waals surface area (Å²) >= 11 is 6.71. The van der Waals surface area contributed by atoms with Crippen molar-refractivity contribution in [2.24, 2.45) is 12.1 Å². The summed E-state index contributed by atoms with van der Waals surface area (Å²) in [5.41, 5.74) is 4.56. The third kappa shape index (κ3) is 5.27. The highest BCUT2D eigenvalue weighted by atomic mass is 79.9. The lowest BCUT2D eigenvalue weighted by atomic mass is 10.2. The fraction of sp³-hybridized carbons (Fsp3) is 0.105. The Balaban J connectivity index is 1.64. The van der Waals surface area contributed by atoms with Gasteiger partial charge in [-0.05, 0) is 45.8 Å². The number of hydrogen-bond acceptors (Lipinski definition) is 4. The van der Waals surface area contributed by atoms with Crippen molar-refractivity contribution in [2.75, 3.05) is 0 Å². The van der Waals surface area contributed by atoms with Gasteiger partial charge in [0.15, 0.2) is 5.69 Å². The quantitative estimate of drug-likeness (QED) is 0.413. The highest BCUT2D eigenvalue weighted by Gasteiger charge is 2.13. The molecule has 0 saturated heterocycles. The average molecular weight is 492 g/mol. The molecule has 0 radical (unpaired) electrons. The first kappa shape index (κ1) is 19.3. The average Bonchev–Trinajstić information content (AvgIpc) is 3.00. The van der Waals surface area contributed by atoms with E-state index in [1.807, 2.05) is 48.5 Å². The molecule has 0 saturated carbocycles. The molecule has 0 spiro atoms. The molecule has 0 aliphatic carbocycles. The van der Waals surface area contributed by atoms with Crippen LogP contribution in [0.5, 0.6) is 5.75 Å². The number of hydrogen-bond donors (Lipinski definition) is 1. The number of benzene rings is 2. The van der Waals surface area contributed by atoms with E-state index in [-0.39, 0.29) is 5.69 Å². The van der Waals surface area contributed by atoms with Crippen molar-refractivity contribution >= 4 is 44.0 Å². The number of ether oxygens (including phenoxy) is 1. The summed E-state index contributed by atoms with van der Waals surface area (Å²) in [6.07, 6.45) is 3.25. The Morgan fingerprint density at radius 3 is 2.67 bits per heavy atom. The highest BCUT2D eigenvalue weighted by molar-refractivity contribution is 9.10. The van der Waals surface area contributed by atoms with Gasteiger partial charge < -0.3 is 4.74 Å². The van der Waals surface area contributed by atoms with Crippen LogP contribution in [0.25, 0.3) is 0 Å². The van der Waals surface area contributed by atoms with Gasteiger partial charge in [0.2, 0.25) is 0 Å². The van der Waals surface area contributed by atoms with Crippen LogP contribution < -0.4 is 10.2 Å². The molecule has 0 bridgehead atoms. The number of carbonyl (C=O) groups is 1. The van der Waals surface area contributed by atoms with Crippen molar-refractivity contribution in [1.29, 1.82) is 0 Å². The molecule has 3 aromatic rings. The zero-order valence-corrected chi connectivity index (χ0v) is 17.6. The number of hydrazone groups is 1. The normalized spacial score (nSPS) is 10.9. The zero-order valence-electron chi connectivity index (χ0n) is 14.4. The van der Waals surface area contributed by atoms with Crippen LogP contribution in [-0.2, 0) is 13.7 Å². The highest BCUT2D eigenvalue weighted by Crippen LogP contribution is 2.19. The number of halogens is 2. The van der Waals surface area contributed by atoms with Crippen LogP contribution >= 0.6 is 31.9 Å². The predicted octanol–water partition coefficient (Wildman–Crippen LogP) is 4.29. The van der Waals surface area contributed by atoms with Crippen molar-refractivity contribution in [2.45, 2.75) is 6.61 Å². The summed E-state index contributed by atoms with van der Waals surface area (Å²) in [7, 11) is 1.74. The molecule has 8 heteroatoms. The Labute approximate surface area is 173 Å². The lowest BCUT2D eigenvalue weighted by Crippen LogP contribution is -2.19. The second kappa shape index (κ2) is 8.96. The van der Waals surface area contributed by atoms with Crippen LogP contribution in [-0.4, -0.2) is 21.9 Å². The molecule has 138 valence electrons. The predicted molar refractivity (Wildman–Crippen MR) is 111 cm³/mol. The first-order valence-electron chi connectivity index (χ1n) is 8.02. The van der Waals surface area contributed by atoms with Crippen molar-refractivity contribution in [3.05, 3.63) is 80.5 Å². The van der Waals surface area contributed by atoms with Gasteiger partial charge in [-0.2, -0.15) is 10.2 Å². The second-order valence-corrected chi connectivity index (χ2v) is 7.42. The first-order valence-corrected chi connectivity index (χ1v) is 9.60. The Kier molecular flexibility index (Phi) is 6.41. The molecule has 2 aromatic carbocycles. The standard InChI is InChI=1S/C19H16Br2N4O2/c1-25-11-16(21)18(24-25)19(26)23-22-10-14-4-2-3-5-17(14)27-12-13-6-8-15(20)9-7-13/h2-11H,12H2,1H3,(H,23,26)/b22-10-. The SMILES string of the molecule is Cn1cc(Br)c(C(=O)N/N=C\c2ccccc2OCc2ccc(Br)cc2)n1. The van der Waals surface area contributed by atoms with Crippen molar-refractivity contribution in [3.63, 3.8) is 0 Å². The molecule has 1 amide bonds. The minimum absolute atomic E-state index is 0.273. The van der Waals surface area contributed by atoms with Gasteiger partial charge in [-0.3, -0.25) is 9.48 Å². The first-order chi connectivity index (χ1) is 13.0. The van der Waals surface area contributed by atoms with Gasteiger partial charge in [0, 0.05) is 23.3 Å². The molecule has 1 aromatic heterocycles. The minimum atomic E-state index is -0.396. The molecular weight excluding hydrogens is 476 g/mol. The number of aryl methyl sites for hydroxylation is 1. The van der Waals surface area contributed by atoms with Gasteiger partial charge >= 0.3 is 0 Å². The summed E-state index contributed by atoms with van der Waals surface area (Å²) in [5, 5.41) is 8.09. The zero-order chi connectivity index (χ0) is 19.2. The molecular formula is C19H16Br2N4O2. The fourth-order valence-electron chi connectivity index (χ4n) is 2.29. The number of nitrogens with one attached hydrogen (secondary N) is 1. The molecule has 1 N–H and O–H groups in total. The van der Waals surface area contributed by atoms with Crippen molar-refractivity contribution in [1.82, 2.24) is 15.2 Å². The minimum Gasteiger partial charge on any atom is -0.488 e. The van der Waals surface area contributed by atoms with Crippen molar-refractivity contribution in [3.8, 4) is 5.75 Å². The largest absolute Gasteiger partial charge is 0.488 e. The molecule has 0 unspecified atom stereocenters. The van der Waals surface area contributed by atoms with E-state index in [0.717, 1.165) is 15.6 Å². The Bertz CT molecular complexity index is 968. The smallest absolute Gasteiger partial charge is 0.293 e. The molecule has 0 fully saturated rings. The monoisotopic (exact) mass is 490 g/mol.